The first-order valence-electron chi connectivity index (χ1n) is 9.38. The van der Waals surface area contributed by atoms with E-state index >= 15 is 0 Å². The van der Waals surface area contributed by atoms with Crippen molar-refractivity contribution < 1.29 is 22.4 Å². The summed E-state index contributed by atoms with van der Waals surface area (Å²) in [5.74, 6) is -1.33. The fourth-order valence-electron chi connectivity index (χ4n) is 3.23. The maximum atomic E-state index is 14.1. The van der Waals surface area contributed by atoms with Gasteiger partial charge in [0, 0.05) is 19.2 Å². The summed E-state index contributed by atoms with van der Waals surface area (Å²) < 4.78 is 51.6. The molecule has 162 valence electrons. The normalized spacial score (nSPS) is 15.3. The molecule has 0 saturated carbocycles. The van der Waals surface area contributed by atoms with Gasteiger partial charge in [-0.2, -0.15) is 13.2 Å². The van der Waals surface area contributed by atoms with Crippen LogP contribution in [0.15, 0.2) is 34.0 Å². The zero-order valence-corrected chi connectivity index (χ0v) is 16.9. The monoisotopic (exact) mass is 444 g/mol. The second-order valence-corrected chi connectivity index (χ2v) is 7.93. The average Bonchev–Trinajstić information content (AvgIpc) is 3.21. The number of nitrogens with zero attached hydrogens (tertiary/aromatic N) is 2. The third kappa shape index (κ3) is 5.53. The lowest BCUT2D eigenvalue weighted by molar-refractivity contribution is -0.0329. The maximum Gasteiger partial charge on any atom is 0.446 e. The number of aromatic nitrogens is 2. The van der Waals surface area contributed by atoms with Crippen LogP contribution in [0.2, 0.25) is 0 Å². The number of alkyl halides is 3. The molecule has 0 spiro atoms. The first-order valence-corrected chi connectivity index (χ1v) is 10.2. The molecule has 1 fully saturated rings. The van der Waals surface area contributed by atoms with Gasteiger partial charge in [-0.25, -0.2) is 9.37 Å². The minimum absolute atomic E-state index is 0.0798. The first-order chi connectivity index (χ1) is 14.2. The molecule has 2 N–H and O–H groups in total. The van der Waals surface area contributed by atoms with Gasteiger partial charge in [0.15, 0.2) is 0 Å². The van der Waals surface area contributed by atoms with E-state index < -0.39 is 45.5 Å². The second-order valence-electron chi connectivity index (χ2n) is 6.82. The molecule has 0 unspecified atom stereocenters. The van der Waals surface area contributed by atoms with Crippen molar-refractivity contribution in [2.45, 2.75) is 42.6 Å². The summed E-state index contributed by atoms with van der Waals surface area (Å²) in [4.78, 5) is 32.8. The highest BCUT2D eigenvalue weighted by molar-refractivity contribution is 8.00. The van der Waals surface area contributed by atoms with Crippen LogP contribution in [0.3, 0.4) is 0 Å². The lowest BCUT2D eigenvalue weighted by atomic mass is 10.0. The number of amides is 1. The van der Waals surface area contributed by atoms with Crippen LogP contribution < -0.4 is 15.8 Å². The SMILES string of the molecule is CC[C@@H](NC(=O)c1cc(=O)[nH]c(N2CCCC2)n1)c1ccc(SC(F)(F)F)c(F)c1. The van der Waals surface area contributed by atoms with Crippen molar-refractivity contribution in [3.63, 3.8) is 0 Å². The number of carbonyl (C=O) groups excluding carboxylic acids is 1. The van der Waals surface area contributed by atoms with Crippen molar-refractivity contribution in [3.8, 4) is 0 Å². The van der Waals surface area contributed by atoms with E-state index in [2.05, 4.69) is 15.3 Å². The Morgan fingerprint density at radius 2 is 2.00 bits per heavy atom. The van der Waals surface area contributed by atoms with E-state index in [0.717, 1.165) is 44.1 Å². The number of hydrogen-bond donors (Lipinski definition) is 2. The van der Waals surface area contributed by atoms with Crippen LogP contribution in [0, 0.1) is 5.82 Å². The second kappa shape index (κ2) is 9.07. The molecule has 1 aromatic heterocycles. The fourth-order valence-corrected chi connectivity index (χ4v) is 3.78. The number of carbonyl (C=O) groups is 1. The van der Waals surface area contributed by atoms with Crippen LogP contribution in [-0.4, -0.2) is 34.5 Å². The molecule has 30 heavy (non-hydrogen) atoms. The van der Waals surface area contributed by atoms with E-state index in [1.165, 1.54) is 6.07 Å². The molecule has 6 nitrogen and oxygen atoms in total. The summed E-state index contributed by atoms with van der Waals surface area (Å²) in [6.07, 6.45) is 2.29. The molecule has 11 heteroatoms. The molecular formula is C19H20F4N4O2S. The van der Waals surface area contributed by atoms with Crippen molar-refractivity contribution in [1.29, 1.82) is 0 Å². The quantitative estimate of drug-likeness (QED) is 0.520. The number of nitrogens with one attached hydrogen (secondary N) is 2. The predicted molar refractivity (Wildman–Crippen MR) is 105 cm³/mol. The van der Waals surface area contributed by atoms with E-state index in [1.807, 2.05) is 4.90 Å². The van der Waals surface area contributed by atoms with Crippen LogP contribution in [0.4, 0.5) is 23.5 Å². The molecule has 0 bridgehead atoms. The number of hydrogen-bond acceptors (Lipinski definition) is 5. The largest absolute Gasteiger partial charge is 0.446 e. The number of thioether (sulfide) groups is 1. The standard InChI is InChI=1S/C19H20F4N4O2S/c1-2-13(11-5-6-15(12(20)9-11)30-19(21,22)23)24-17(29)14-10-16(28)26-18(25-14)27-7-3-4-8-27/h5-6,9-10,13H,2-4,7-8H2,1H3,(H,24,29)(H,25,26,28)/t13-/m1/s1. The predicted octanol–water partition coefficient (Wildman–Crippen LogP) is 4.00. The van der Waals surface area contributed by atoms with E-state index in [1.54, 1.807) is 6.92 Å². The van der Waals surface area contributed by atoms with Crippen molar-refractivity contribution in [3.05, 3.63) is 51.7 Å². The van der Waals surface area contributed by atoms with E-state index in [-0.39, 0.29) is 5.69 Å². The van der Waals surface area contributed by atoms with Gasteiger partial charge in [0.05, 0.1) is 10.9 Å². The Morgan fingerprint density at radius 1 is 1.30 bits per heavy atom. The molecule has 1 aliphatic heterocycles. The minimum atomic E-state index is -4.60. The number of rotatable bonds is 6. The first kappa shape index (κ1) is 22.1. The Balaban J connectivity index is 1.78. The summed E-state index contributed by atoms with van der Waals surface area (Å²) in [7, 11) is 0. The number of aromatic amines is 1. The summed E-state index contributed by atoms with van der Waals surface area (Å²) in [5.41, 5.74) is -4.83. The number of benzene rings is 1. The van der Waals surface area contributed by atoms with Gasteiger partial charge in [-0.15, -0.1) is 0 Å². The molecule has 0 radical (unpaired) electrons. The number of H-pyrrole nitrogens is 1. The lowest BCUT2D eigenvalue weighted by Crippen LogP contribution is -2.32. The molecule has 1 aliphatic rings. The van der Waals surface area contributed by atoms with Crippen molar-refractivity contribution in [2.75, 3.05) is 18.0 Å². The van der Waals surface area contributed by atoms with E-state index in [0.29, 0.717) is 17.9 Å². The molecular weight excluding hydrogens is 424 g/mol. The van der Waals surface area contributed by atoms with Crippen LogP contribution in [0.25, 0.3) is 0 Å². The van der Waals surface area contributed by atoms with Crippen LogP contribution in [0.1, 0.15) is 48.3 Å². The Kier molecular flexibility index (Phi) is 6.69. The Bertz CT molecular complexity index is 974. The molecule has 1 amide bonds. The molecule has 1 saturated heterocycles. The zero-order chi connectivity index (χ0) is 21.9. The minimum Gasteiger partial charge on any atom is -0.344 e. The fraction of sp³-hybridized carbons (Fsp3) is 0.421. The van der Waals surface area contributed by atoms with Gasteiger partial charge in [0.2, 0.25) is 5.95 Å². The van der Waals surface area contributed by atoms with Crippen LogP contribution in [0.5, 0.6) is 0 Å². The van der Waals surface area contributed by atoms with Gasteiger partial charge in [-0.3, -0.25) is 14.6 Å². The van der Waals surface area contributed by atoms with Gasteiger partial charge in [-0.1, -0.05) is 13.0 Å². The van der Waals surface area contributed by atoms with Crippen molar-refractivity contribution in [2.24, 2.45) is 0 Å². The summed E-state index contributed by atoms with van der Waals surface area (Å²) in [6, 6.07) is 3.77. The topological polar surface area (TPSA) is 78.1 Å². The molecule has 3 rings (SSSR count). The number of anilines is 1. The van der Waals surface area contributed by atoms with Crippen molar-refractivity contribution >= 4 is 23.6 Å². The zero-order valence-electron chi connectivity index (χ0n) is 16.1. The van der Waals surface area contributed by atoms with Gasteiger partial charge in [0.1, 0.15) is 11.5 Å². The molecule has 1 aromatic carbocycles. The summed E-state index contributed by atoms with van der Waals surface area (Å²) in [6.45, 7) is 3.20. The van der Waals surface area contributed by atoms with E-state index in [9.17, 15) is 27.2 Å². The van der Waals surface area contributed by atoms with Gasteiger partial charge in [0.25, 0.3) is 11.5 Å². The highest BCUT2D eigenvalue weighted by Crippen LogP contribution is 2.38. The van der Waals surface area contributed by atoms with Gasteiger partial charge < -0.3 is 10.2 Å². The highest BCUT2D eigenvalue weighted by atomic mass is 32.2. The average molecular weight is 444 g/mol. The molecule has 0 aliphatic carbocycles. The smallest absolute Gasteiger partial charge is 0.344 e. The van der Waals surface area contributed by atoms with Gasteiger partial charge >= 0.3 is 5.51 Å². The maximum absolute atomic E-state index is 14.1. The highest BCUT2D eigenvalue weighted by Gasteiger charge is 2.31. The van der Waals surface area contributed by atoms with E-state index in [4.69, 9.17) is 0 Å². The molecule has 2 heterocycles. The van der Waals surface area contributed by atoms with Crippen molar-refractivity contribution in [1.82, 2.24) is 15.3 Å². The van der Waals surface area contributed by atoms with Crippen LogP contribution in [-0.2, 0) is 0 Å². The Hall–Kier alpha value is -2.56. The molecule has 1 atom stereocenters. The molecule has 2 aromatic rings. The van der Waals surface area contributed by atoms with Gasteiger partial charge in [-0.05, 0) is 48.7 Å². The Labute approximate surface area is 174 Å². The number of halogens is 4. The lowest BCUT2D eigenvalue weighted by Gasteiger charge is -2.19. The van der Waals surface area contributed by atoms with Crippen LogP contribution >= 0.6 is 11.8 Å². The Morgan fingerprint density at radius 3 is 2.60 bits per heavy atom. The summed E-state index contributed by atoms with van der Waals surface area (Å²) in [5, 5.41) is 2.67. The third-order valence-corrected chi connectivity index (χ3v) is 5.45. The third-order valence-electron chi connectivity index (χ3n) is 4.66. The summed E-state index contributed by atoms with van der Waals surface area (Å²) >= 11 is -0.534.